The zero-order valence-electron chi connectivity index (χ0n) is 11.9. The first kappa shape index (κ1) is 13.0. The monoisotopic (exact) mass is 265 g/mol. The Hall–Kier alpha value is -1.00. The first-order valence-electron chi connectivity index (χ1n) is 7.13. The Labute approximate surface area is 114 Å². The Morgan fingerprint density at radius 1 is 1.37 bits per heavy atom. The number of rotatable bonds is 1. The maximum atomic E-state index is 10.1. The molecule has 1 aliphatic heterocycles. The predicted octanol–water partition coefficient (Wildman–Crippen LogP) is 3.05. The van der Waals surface area contributed by atoms with E-state index in [4.69, 9.17) is 4.74 Å². The summed E-state index contributed by atoms with van der Waals surface area (Å²) < 4.78 is 6.35. The van der Waals surface area contributed by atoms with Crippen molar-refractivity contribution in [2.24, 2.45) is 11.3 Å². The summed E-state index contributed by atoms with van der Waals surface area (Å²) in [6.45, 7) is 6.22. The molecule has 4 heteroatoms. The molecule has 0 saturated heterocycles. The van der Waals surface area contributed by atoms with Crippen molar-refractivity contribution in [3.05, 3.63) is 23.2 Å². The van der Waals surface area contributed by atoms with E-state index in [0.717, 1.165) is 30.6 Å². The van der Waals surface area contributed by atoms with Gasteiger partial charge in [-0.1, -0.05) is 20.8 Å². The first-order chi connectivity index (χ1) is 8.89. The molecular formula is C15H23NO3. The van der Waals surface area contributed by atoms with Crippen LogP contribution in [0.5, 0.6) is 0 Å². The van der Waals surface area contributed by atoms with Crippen LogP contribution in [0.25, 0.3) is 0 Å². The smallest absolute Gasteiger partial charge is 0.111 e. The number of allylic oxidation sites excluding steroid dienone is 2. The molecule has 0 radical (unpaired) electrons. The van der Waals surface area contributed by atoms with Crippen LogP contribution in [0, 0.1) is 11.3 Å². The van der Waals surface area contributed by atoms with E-state index in [-0.39, 0.29) is 23.0 Å². The third-order valence-corrected chi connectivity index (χ3v) is 5.37. The van der Waals surface area contributed by atoms with Crippen LogP contribution < -0.4 is 5.48 Å². The molecule has 1 fully saturated rings. The van der Waals surface area contributed by atoms with E-state index in [1.807, 2.05) is 6.92 Å². The van der Waals surface area contributed by atoms with Crippen molar-refractivity contribution in [3.63, 3.8) is 0 Å². The van der Waals surface area contributed by atoms with Crippen LogP contribution in [0.4, 0.5) is 0 Å². The van der Waals surface area contributed by atoms with E-state index in [1.165, 1.54) is 6.42 Å². The molecule has 106 valence electrons. The number of ether oxygens (including phenoxy) is 1. The minimum Gasteiger partial charge on any atom is -0.512 e. The summed E-state index contributed by atoms with van der Waals surface area (Å²) in [5.74, 6) is 1.34. The minimum absolute atomic E-state index is 0.0285. The van der Waals surface area contributed by atoms with Crippen molar-refractivity contribution in [3.8, 4) is 0 Å². The zero-order chi connectivity index (χ0) is 13.8. The normalized spacial score (nSPS) is 35.3. The van der Waals surface area contributed by atoms with E-state index < -0.39 is 0 Å². The maximum Gasteiger partial charge on any atom is 0.111 e. The lowest BCUT2D eigenvalue weighted by molar-refractivity contribution is -0.116. The molecule has 3 aliphatic rings. The van der Waals surface area contributed by atoms with E-state index >= 15 is 0 Å². The highest BCUT2D eigenvalue weighted by molar-refractivity contribution is 5.40. The maximum absolute atomic E-state index is 10.1. The summed E-state index contributed by atoms with van der Waals surface area (Å²) in [7, 11) is 0. The number of nitrogens with one attached hydrogen (secondary N) is 1. The van der Waals surface area contributed by atoms with Gasteiger partial charge in [-0.25, -0.2) is 0 Å². The van der Waals surface area contributed by atoms with Crippen molar-refractivity contribution >= 4 is 0 Å². The summed E-state index contributed by atoms with van der Waals surface area (Å²) in [5, 5.41) is 19.6. The van der Waals surface area contributed by atoms with Gasteiger partial charge >= 0.3 is 0 Å². The molecule has 1 heterocycles. The van der Waals surface area contributed by atoms with E-state index in [2.05, 4.69) is 19.3 Å². The second kappa shape index (κ2) is 4.00. The third kappa shape index (κ3) is 1.73. The van der Waals surface area contributed by atoms with Crippen molar-refractivity contribution in [2.45, 2.75) is 58.1 Å². The van der Waals surface area contributed by atoms with Crippen LogP contribution in [-0.4, -0.2) is 22.0 Å². The SMILES string of the molecule is CC1C(O)=CC2=C(OC3(CCC3)CC2NO)C1(C)C. The lowest BCUT2D eigenvalue weighted by Crippen LogP contribution is -2.53. The Morgan fingerprint density at radius 2 is 2.05 bits per heavy atom. The van der Waals surface area contributed by atoms with Crippen molar-refractivity contribution < 1.29 is 15.1 Å². The standard InChI is InChI=1S/C15H23NO3/c1-9-12(17)7-10-11(16-18)8-15(5-4-6-15)19-13(10)14(9,2)3/h7,9,11,16-18H,4-6,8H2,1-3H3. The van der Waals surface area contributed by atoms with Gasteiger partial charge in [0.05, 0.1) is 11.8 Å². The van der Waals surface area contributed by atoms with Gasteiger partial charge in [0.25, 0.3) is 0 Å². The number of hydroxylamine groups is 1. The van der Waals surface area contributed by atoms with Crippen LogP contribution >= 0.6 is 0 Å². The average molecular weight is 265 g/mol. The molecule has 1 saturated carbocycles. The highest BCUT2D eigenvalue weighted by Gasteiger charge is 2.51. The van der Waals surface area contributed by atoms with Crippen LogP contribution in [0.3, 0.4) is 0 Å². The Bertz CT molecular complexity index is 460. The molecule has 3 rings (SSSR count). The summed E-state index contributed by atoms with van der Waals surface area (Å²) in [6, 6.07) is -0.141. The Kier molecular flexibility index (Phi) is 2.74. The largest absolute Gasteiger partial charge is 0.512 e. The lowest BCUT2D eigenvalue weighted by atomic mass is 9.66. The fraction of sp³-hybridized carbons (Fsp3) is 0.733. The first-order valence-corrected chi connectivity index (χ1v) is 7.13. The molecule has 0 aromatic carbocycles. The van der Waals surface area contributed by atoms with Crippen LogP contribution in [0.1, 0.15) is 46.5 Å². The number of aliphatic hydroxyl groups excluding tert-OH is 1. The highest BCUT2D eigenvalue weighted by atomic mass is 16.5. The quantitative estimate of drug-likeness (QED) is 0.638. The van der Waals surface area contributed by atoms with Gasteiger partial charge in [-0.3, -0.25) is 0 Å². The average Bonchev–Trinajstić information content (AvgIpc) is 2.34. The molecule has 0 bridgehead atoms. The number of hydrogen-bond donors (Lipinski definition) is 3. The predicted molar refractivity (Wildman–Crippen MR) is 71.7 cm³/mol. The number of hydrogen-bond acceptors (Lipinski definition) is 4. The van der Waals surface area contributed by atoms with Gasteiger partial charge in [-0.2, -0.15) is 5.48 Å². The van der Waals surface area contributed by atoms with Gasteiger partial charge in [-0.05, 0) is 25.3 Å². The van der Waals surface area contributed by atoms with Gasteiger partial charge in [0.15, 0.2) is 0 Å². The van der Waals surface area contributed by atoms with Crippen LogP contribution in [-0.2, 0) is 4.74 Å². The van der Waals surface area contributed by atoms with Crippen LogP contribution in [0.2, 0.25) is 0 Å². The highest BCUT2D eigenvalue weighted by Crippen LogP contribution is 2.53. The second-order valence-electron chi connectivity index (χ2n) is 6.82. The Balaban J connectivity index is 2.07. The molecule has 4 nitrogen and oxygen atoms in total. The molecular weight excluding hydrogens is 242 g/mol. The molecule has 3 N–H and O–H groups in total. The van der Waals surface area contributed by atoms with E-state index in [0.29, 0.717) is 5.76 Å². The van der Waals surface area contributed by atoms with Gasteiger partial charge in [0, 0.05) is 23.3 Å². The molecule has 2 aliphatic carbocycles. The van der Waals surface area contributed by atoms with Crippen molar-refractivity contribution in [1.29, 1.82) is 0 Å². The zero-order valence-corrected chi connectivity index (χ0v) is 11.9. The second-order valence-corrected chi connectivity index (χ2v) is 6.82. The molecule has 0 aromatic heterocycles. The molecule has 19 heavy (non-hydrogen) atoms. The summed E-state index contributed by atoms with van der Waals surface area (Å²) in [4.78, 5) is 0. The fourth-order valence-electron chi connectivity index (χ4n) is 3.47. The fourth-order valence-corrected chi connectivity index (χ4v) is 3.47. The van der Waals surface area contributed by atoms with Crippen molar-refractivity contribution in [1.82, 2.24) is 5.48 Å². The molecule has 1 spiro atoms. The third-order valence-electron chi connectivity index (χ3n) is 5.37. The molecule has 2 unspecified atom stereocenters. The van der Waals surface area contributed by atoms with Gasteiger partial charge in [0.2, 0.25) is 0 Å². The van der Waals surface area contributed by atoms with Crippen LogP contribution in [0.15, 0.2) is 23.2 Å². The summed E-state index contributed by atoms with van der Waals surface area (Å²) in [5.41, 5.74) is 2.97. The van der Waals surface area contributed by atoms with Crippen molar-refractivity contribution in [2.75, 3.05) is 0 Å². The summed E-state index contributed by atoms with van der Waals surface area (Å²) >= 11 is 0. The van der Waals surface area contributed by atoms with Gasteiger partial charge in [0.1, 0.15) is 11.4 Å². The van der Waals surface area contributed by atoms with Gasteiger partial charge < -0.3 is 15.1 Å². The summed E-state index contributed by atoms with van der Waals surface area (Å²) in [6.07, 6.45) is 5.85. The number of aliphatic hydroxyl groups is 1. The topological polar surface area (TPSA) is 61.7 Å². The molecule has 0 amide bonds. The molecule has 2 atom stereocenters. The lowest BCUT2D eigenvalue weighted by Gasteiger charge is -2.53. The minimum atomic E-state index is -0.244. The Morgan fingerprint density at radius 3 is 2.58 bits per heavy atom. The van der Waals surface area contributed by atoms with E-state index in [9.17, 15) is 10.3 Å². The van der Waals surface area contributed by atoms with Gasteiger partial charge in [-0.15, -0.1) is 0 Å². The molecule has 0 aromatic rings. The van der Waals surface area contributed by atoms with E-state index in [1.54, 1.807) is 6.08 Å².